The van der Waals surface area contributed by atoms with Crippen LogP contribution in [0.15, 0.2) is 35.4 Å². The van der Waals surface area contributed by atoms with Gasteiger partial charge in [0.25, 0.3) is 0 Å². The number of hydrogen-bond donors (Lipinski definition) is 0. The third-order valence-corrected chi connectivity index (χ3v) is 3.42. The summed E-state index contributed by atoms with van der Waals surface area (Å²) in [5.74, 6) is -0.492. The first-order valence-electron chi connectivity index (χ1n) is 5.69. The number of aromatic nitrogens is 1. The fourth-order valence-corrected chi connectivity index (χ4v) is 2.32. The minimum absolute atomic E-state index is 0.00773. The Labute approximate surface area is 122 Å². The second-order valence-corrected chi connectivity index (χ2v) is 4.85. The van der Waals surface area contributed by atoms with E-state index in [1.165, 1.54) is 18.4 Å². The van der Waals surface area contributed by atoms with Crippen LogP contribution in [0, 0.1) is 17.1 Å². The van der Waals surface area contributed by atoms with Crippen LogP contribution >= 0.6 is 11.8 Å². The summed E-state index contributed by atoms with van der Waals surface area (Å²) in [6.45, 7) is 0. The number of halogens is 4. The Morgan fingerprint density at radius 1 is 1.19 bits per heavy atom. The molecule has 21 heavy (non-hydrogen) atoms. The van der Waals surface area contributed by atoms with Gasteiger partial charge in [0.1, 0.15) is 16.9 Å². The molecule has 0 fully saturated rings. The van der Waals surface area contributed by atoms with Crippen molar-refractivity contribution in [3.8, 4) is 17.3 Å². The van der Waals surface area contributed by atoms with Gasteiger partial charge in [-0.05, 0) is 36.6 Å². The molecule has 0 N–H and O–H groups in total. The Bertz CT molecular complexity index is 703. The van der Waals surface area contributed by atoms with Crippen LogP contribution in [-0.2, 0) is 6.18 Å². The van der Waals surface area contributed by atoms with Gasteiger partial charge in [-0.3, -0.25) is 0 Å². The lowest BCUT2D eigenvalue weighted by molar-refractivity contribution is -0.138. The van der Waals surface area contributed by atoms with Crippen LogP contribution in [0.4, 0.5) is 17.6 Å². The topological polar surface area (TPSA) is 36.7 Å². The summed E-state index contributed by atoms with van der Waals surface area (Å²) >= 11 is 0.955. The average Bonchev–Trinajstić information content (AvgIpc) is 2.45. The van der Waals surface area contributed by atoms with Crippen molar-refractivity contribution in [1.29, 1.82) is 5.26 Å². The van der Waals surface area contributed by atoms with E-state index < -0.39 is 23.1 Å². The zero-order valence-corrected chi connectivity index (χ0v) is 11.5. The summed E-state index contributed by atoms with van der Waals surface area (Å²) in [5.41, 5.74) is -1.14. The van der Waals surface area contributed by atoms with E-state index in [9.17, 15) is 17.6 Å². The van der Waals surface area contributed by atoms with E-state index in [1.54, 1.807) is 6.07 Å². The molecule has 0 atom stereocenters. The van der Waals surface area contributed by atoms with E-state index in [4.69, 9.17) is 5.26 Å². The van der Waals surface area contributed by atoms with Crippen molar-refractivity contribution in [3.05, 3.63) is 47.3 Å². The summed E-state index contributed by atoms with van der Waals surface area (Å²) in [6.07, 6.45) is -3.12. The highest BCUT2D eigenvalue weighted by atomic mass is 32.2. The molecule has 0 bridgehead atoms. The monoisotopic (exact) mass is 312 g/mol. The SMILES string of the molecule is CSc1nc(-c2ccc(F)cc2)cc(C(F)(F)F)c1C#N. The quantitative estimate of drug-likeness (QED) is 0.605. The number of benzene rings is 1. The van der Waals surface area contributed by atoms with Crippen molar-refractivity contribution < 1.29 is 17.6 Å². The molecular weight excluding hydrogens is 304 g/mol. The highest BCUT2D eigenvalue weighted by Gasteiger charge is 2.35. The maximum Gasteiger partial charge on any atom is 0.417 e. The zero-order valence-electron chi connectivity index (χ0n) is 10.7. The van der Waals surface area contributed by atoms with Crippen LogP contribution in [0.25, 0.3) is 11.3 Å². The van der Waals surface area contributed by atoms with Crippen LogP contribution < -0.4 is 0 Å². The minimum Gasteiger partial charge on any atom is -0.240 e. The predicted molar refractivity (Wildman–Crippen MR) is 71.1 cm³/mol. The highest BCUT2D eigenvalue weighted by molar-refractivity contribution is 7.98. The number of alkyl halides is 3. The number of nitriles is 1. The largest absolute Gasteiger partial charge is 0.417 e. The first-order valence-corrected chi connectivity index (χ1v) is 6.91. The van der Waals surface area contributed by atoms with Crippen molar-refractivity contribution in [2.75, 3.05) is 6.26 Å². The third-order valence-electron chi connectivity index (χ3n) is 2.74. The standard InChI is InChI=1S/C14H8F4N2S/c1-21-13-10(7-19)11(14(16,17)18)6-12(20-13)8-2-4-9(15)5-3-8/h2-6H,1H3. The summed E-state index contributed by atoms with van der Waals surface area (Å²) in [5, 5.41) is 8.93. The van der Waals surface area contributed by atoms with Crippen LogP contribution in [0.3, 0.4) is 0 Å². The van der Waals surface area contributed by atoms with E-state index in [-0.39, 0.29) is 10.7 Å². The van der Waals surface area contributed by atoms with Crippen LogP contribution in [0.1, 0.15) is 11.1 Å². The smallest absolute Gasteiger partial charge is 0.240 e. The molecule has 0 spiro atoms. The molecular formula is C14H8F4N2S. The molecule has 0 aliphatic rings. The fraction of sp³-hybridized carbons (Fsp3) is 0.143. The Morgan fingerprint density at radius 2 is 1.81 bits per heavy atom. The second-order valence-electron chi connectivity index (χ2n) is 4.06. The van der Waals surface area contributed by atoms with Gasteiger partial charge in [-0.15, -0.1) is 11.8 Å². The maximum atomic E-state index is 13.1. The van der Waals surface area contributed by atoms with E-state index in [2.05, 4.69) is 4.98 Å². The van der Waals surface area contributed by atoms with Crippen LogP contribution in [0.2, 0.25) is 0 Å². The number of nitrogens with zero attached hydrogens (tertiary/aromatic N) is 2. The summed E-state index contributed by atoms with van der Waals surface area (Å²) in [6, 6.07) is 7.32. The highest BCUT2D eigenvalue weighted by Crippen LogP contribution is 2.37. The maximum absolute atomic E-state index is 13.1. The van der Waals surface area contributed by atoms with Gasteiger partial charge in [0, 0.05) is 5.56 Å². The lowest BCUT2D eigenvalue weighted by Crippen LogP contribution is -2.10. The molecule has 2 aromatic rings. The predicted octanol–water partition coefficient (Wildman–Crippen LogP) is 4.50. The van der Waals surface area contributed by atoms with Crippen molar-refractivity contribution in [2.24, 2.45) is 0 Å². The van der Waals surface area contributed by atoms with E-state index in [0.29, 0.717) is 5.56 Å². The van der Waals surface area contributed by atoms with Gasteiger partial charge in [0.2, 0.25) is 0 Å². The van der Waals surface area contributed by atoms with E-state index in [0.717, 1.165) is 30.0 Å². The Balaban J connectivity index is 2.69. The van der Waals surface area contributed by atoms with Crippen molar-refractivity contribution in [1.82, 2.24) is 4.98 Å². The minimum atomic E-state index is -4.66. The zero-order chi connectivity index (χ0) is 15.6. The number of hydrogen-bond acceptors (Lipinski definition) is 3. The van der Waals surface area contributed by atoms with Gasteiger partial charge in [-0.1, -0.05) is 0 Å². The molecule has 0 saturated carbocycles. The van der Waals surface area contributed by atoms with Gasteiger partial charge in [-0.25, -0.2) is 9.37 Å². The number of thioether (sulfide) groups is 1. The van der Waals surface area contributed by atoms with Gasteiger partial charge in [0.05, 0.1) is 16.8 Å². The lowest BCUT2D eigenvalue weighted by Gasteiger charge is -2.13. The molecule has 0 saturated heterocycles. The van der Waals surface area contributed by atoms with Crippen molar-refractivity contribution in [3.63, 3.8) is 0 Å². The molecule has 0 aliphatic heterocycles. The fourth-order valence-electron chi connectivity index (χ4n) is 1.77. The second kappa shape index (κ2) is 5.74. The Morgan fingerprint density at radius 3 is 2.29 bits per heavy atom. The molecule has 0 amide bonds. The van der Waals surface area contributed by atoms with Gasteiger partial charge < -0.3 is 0 Å². The number of pyridine rings is 1. The number of rotatable bonds is 2. The third kappa shape index (κ3) is 3.16. The molecule has 0 unspecified atom stereocenters. The first-order chi connectivity index (χ1) is 9.86. The molecule has 0 radical (unpaired) electrons. The average molecular weight is 312 g/mol. The molecule has 108 valence electrons. The van der Waals surface area contributed by atoms with E-state index >= 15 is 0 Å². The molecule has 1 heterocycles. The normalized spacial score (nSPS) is 11.2. The first kappa shape index (κ1) is 15.3. The Hall–Kier alpha value is -2.07. The van der Waals surface area contributed by atoms with Crippen LogP contribution in [-0.4, -0.2) is 11.2 Å². The van der Waals surface area contributed by atoms with Gasteiger partial charge in [-0.2, -0.15) is 18.4 Å². The van der Waals surface area contributed by atoms with Crippen LogP contribution in [0.5, 0.6) is 0 Å². The van der Waals surface area contributed by atoms with Crippen molar-refractivity contribution >= 4 is 11.8 Å². The van der Waals surface area contributed by atoms with Crippen molar-refractivity contribution in [2.45, 2.75) is 11.2 Å². The summed E-state index contributed by atoms with van der Waals surface area (Å²) < 4.78 is 52.1. The summed E-state index contributed by atoms with van der Waals surface area (Å²) in [4.78, 5) is 4.05. The Kier molecular flexibility index (Phi) is 4.19. The van der Waals surface area contributed by atoms with Gasteiger partial charge >= 0.3 is 6.18 Å². The summed E-state index contributed by atoms with van der Waals surface area (Å²) in [7, 11) is 0. The molecule has 7 heteroatoms. The molecule has 1 aromatic heterocycles. The van der Waals surface area contributed by atoms with Gasteiger partial charge in [0.15, 0.2) is 0 Å². The molecule has 2 nitrogen and oxygen atoms in total. The lowest BCUT2D eigenvalue weighted by atomic mass is 10.1. The molecule has 0 aliphatic carbocycles. The molecule has 1 aromatic carbocycles. The molecule has 2 rings (SSSR count). The van der Waals surface area contributed by atoms with E-state index in [1.807, 2.05) is 0 Å².